The first-order valence-electron chi connectivity index (χ1n) is 12.2. The number of ether oxygens (including phenoxy) is 1. The molecule has 1 aromatic carbocycles. The van der Waals surface area contributed by atoms with Gasteiger partial charge in [-0.1, -0.05) is 19.4 Å². The van der Waals surface area contributed by atoms with E-state index in [9.17, 15) is 0 Å². The molecule has 2 atom stereocenters. The summed E-state index contributed by atoms with van der Waals surface area (Å²) in [5.74, 6) is 0.933. The van der Waals surface area contributed by atoms with Gasteiger partial charge in [-0.15, -0.1) is 0 Å². The molecule has 0 aliphatic carbocycles. The summed E-state index contributed by atoms with van der Waals surface area (Å²) in [6, 6.07) is 6.76. The maximum absolute atomic E-state index is 6.40. The third-order valence-electron chi connectivity index (χ3n) is 5.29. The van der Waals surface area contributed by atoms with E-state index in [0.29, 0.717) is 0 Å². The third kappa shape index (κ3) is 14.5. The van der Waals surface area contributed by atoms with E-state index in [1.54, 1.807) is 0 Å². The van der Waals surface area contributed by atoms with E-state index < -0.39 is 0 Å². The zero-order valence-corrected chi connectivity index (χ0v) is 19.7. The number of rotatable bonds is 20. The van der Waals surface area contributed by atoms with E-state index in [4.69, 9.17) is 27.7 Å². The molecule has 0 fully saturated rings. The van der Waals surface area contributed by atoms with Crippen LogP contribution in [0.15, 0.2) is 18.2 Å². The lowest BCUT2D eigenvalue weighted by Crippen LogP contribution is -2.30. The van der Waals surface area contributed by atoms with Gasteiger partial charge in [0.2, 0.25) is 0 Å². The number of nitrogens with two attached hydrogens (primary N) is 4. The Morgan fingerprint density at radius 1 is 0.774 bits per heavy atom. The standard InChI is InChI=1S/C24H48N6O/c1-2-3-14-31-24-18-20(16-22(27)6-12-29-10-4-8-25)15-21(19-24)17-23(28)7-13-30-11-5-9-26/h15,18-19,22-23,29-30H,2-14,16-17,25-28H2,1H3. The zero-order valence-electron chi connectivity index (χ0n) is 19.7. The first-order chi connectivity index (χ1) is 15.1. The van der Waals surface area contributed by atoms with Gasteiger partial charge >= 0.3 is 0 Å². The van der Waals surface area contributed by atoms with Crippen LogP contribution in [0.4, 0.5) is 0 Å². The van der Waals surface area contributed by atoms with Crippen molar-refractivity contribution < 1.29 is 4.74 Å². The molecule has 1 aromatic rings. The van der Waals surface area contributed by atoms with Gasteiger partial charge in [-0.3, -0.25) is 0 Å². The molecule has 180 valence electrons. The Morgan fingerprint density at radius 2 is 1.29 bits per heavy atom. The fourth-order valence-electron chi connectivity index (χ4n) is 3.47. The van der Waals surface area contributed by atoms with Crippen LogP contribution in [0.5, 0.6) is 5.75 Å². The molecule has 1 rings (SSSR count). The Hall–Kier alpha value is -1.22. The maximum Gasteiger partial charge on any atom is 0.119 e. The number of unbranched alkanes of at least 4 members (excludes halogenated alkanes) is 1. The van der Waals surface area contributed by atoms with Crippen molar-refractivity contribution in [3.05, 3.63) is 29.3 Å². The topological polar surface area (TPSA) is 137 Å². The summed E-state index contributed by atoms with van der Waals surface area (Å²) < 4.78 is 6.01. The second-order valence-electron chi connectivity index (χ2n) is 8.48. The van der Waals surface area contributed by atoms with Gasteiger partial charge in [0.15, 0.2) is 0 Å². The summed E-state index contributed by atoms with van der Waals surface area (Å²) in [7, 11) is 0. The highest BCUT2D eigenvalue weighted by Crippen LogP contribution is 2.21. The molecular formula is C24H48N6O. The summed E-state index contributed by atoms with van der Waals surface area (Å²) in [4.78, 5) is 0. The SMILES string of the molecule is CCCCOc1cc(CC(N)CCNCCCN)cc(CC(N)CCNCCCN)c1. The van der Waals surface area contributed by atoms with E-state index in [-0.39, 0.29) is 12.1 Å². The Kier molecular flexibility index (Phi) is 16.5. The zero-order chi connectivity index (χ0) is 22.7. The largest absolute Gasteiger partial charge is 0.494 e. The molecular weight excluding hydrogens is 388 g/mol. The lowest BCUT2D eigenvalue weighted by molar-refractivity contribution is 0.308. The van der Waals surface area contributed by atoms with Crippen molar-refractivity contribution in [2.24, 2.45) is 22.9 Å². The van der Waals surface area contributed by atoms with Gasteiger partial charge in [0.05, 0.1) is 6.61 Å². The summed E-state index contributed by atoms with van der Waals surface area (Å²) in [5.41, 5.74) is 26.3. The molecule has 7 heteroatoms. The van der Waals surface area contributed by atoms with Crippen LogP contribution >= 0.6 is 0 Å². The average molecular weight is 437 g/mol. The van der Waals surface area contributed by atoms with Crippen LogP contribution in [0.1, 0.15) is 56.6 Å². The highest BCUT2D eigenvalue weighted by Gasteiger charge is 2.10. The van der Waals surface area contributed by atoms with Crippen molar-refractivity contribution in [1.29, 1.82) is 0 Å². The first kappa shape index (κ1) is 27.8. The molecule has 31 heavy (non-hydrogen) atoms. The second kappa shape index (κ2) is 18.4. The maximum atomic E-state index is 6.40. The van der Waals surface area contributed by atoms with Crippen LogP contribution in [0, 0.1) is 0 Å². The Morgan fingerprint density at radius 3 is 1.74 bits per heavy atom. The van der Waals surface area contributed by atoms with Crippen molar-refractivity contribution in [3.63, 3.8) is 0 Å². The van der Waals surface area contributed by atoms with Gasteiger partial charge in [0.1, 0.15) is 5.75 Å². The van der Waals surface area contributed by atoms with E-state index in [1.807, 2.05) is 0 Å². The van der Waals surface area contributed by atoms with Crippen LogP contribution in [0.25, 0.3) is 0 Å². The van der Waals surface area contributed by atoms with E-state index in [2.05, 4.69) is 35.8 Å². The van der Waals surface area contributed by atoms with E-state index in [1.165, 1.54) is 11.1 Å². The summed E-state index contributed by atoms with van der Waals surface area (Å²) in [5, 5.41) is 6.81. The van der Waals surface area contributed by atoms with Crippen LogP contribution < -0.4 is 38.3 Å². The van der Waals surface area contributed by atoms with Crippen molar-refractivity contribution in [2.75, 3.05) is 45.9 Å². The van der Waals surface area contributed by atoms with Crippen LogP contribution in [-0.2, 0) is 12.8 Å². The average Bonchev–Trinajstić information content (AvgIpc) is 2.73. The Bertz CT molecular complexity index is 517. The lowest BCUT2D eigenvalue weighted by Gasteiger charge is -2.17. The molecule has 10 N–H and O–H groups in total. The van der Waals surface area contributed by atoms with Crippen molar-refractivity contribution >= 4 is 0 Å². The molecule has 0 aliphatic heterocycles. The smallest absolute Gasteiger partial charge is 0.119 e. The fraction of sp³-hybridized carbons (Fsp3) is 0.750. The summed E-state index contributed by atoms with van der Waals surface area (Å²) in [6.07, 6.45) is 7.73. The quantitative estimate of drug-likeness (QED) is 0.169. The molecule has 0 spiro atoms. The fourth-order valence-corrected chi connectivity index (χ4v) is 3.47. The predicted octanol–water partition coefficient (Wildman–Crippen LogP) is 1.26. The number of benzene rings is 1. The minimum atomic E-state index is 0.115. The predicted molar refractivity (Wildman–Crippen MR) is 133 cm³/mol. The molecule has 0 aromatic heterocycles. The number of hydrogen-bond acceptors (Lipinski definition) is 7. The number of hydrogen-bond donors (Lipinski definition) is 6. The monoisotopic (exact) mass is 436 g/mol. The van der Waals surface area contributed by atoms with Crippen LogP contribution in [0.2, 0.25) is 0 Å². The molecule has 2 unspecified atom stereocenters. The molecule has 0 radical (unpaired) electrons. The van der Waals surface area contributed by atoms with Crippen LogP contribution in [0.3, 0.4) is 0 Å². The number of nitrogens with one attached hydrogen (secondary N) is 2. The van der Waals surface area contributed by atoms with Gasteiger partial charge < -0.3 is 38.3 Å². The van der Waals surface area contributed by atoms with Gasteiger partial charge in [-0.05, 0) is 107 Å². The molecule has 7 nitrogen and oxygen atoms in total. The van der Waals surface area contributed by atoms with E-state index in [0.717, 1.165) is 103 Å². The molecule has 0 saturated heterocycles. The molecule has 0 heterocycles. The Labute approximate surface area is 190 Å². The molecule has 0 aliphatic rings. The normalized spacial score (nSPS) is 13.3. The molecule has 0 amide bonds. The van der Waals surface area contributed by atoms with Crippen molar-refractivity contribution in [3.8, 4) is 5.75 Å². The van der Waals surface area contributed by atoms with Gasteiger partial charge in [-0.2, -0.15) is 0 Å². The van der Waals surface area contributed by atoms with Crippen molar-refractivity contribution in [1.82, 2.24) is 10.6 Å². The van der Waals surface area contributed by atoms with Gasteiger partial charge in [0.25, 0.3) is 0 Å². The third-order valence-corrected chi connectivity index (χ3v) is 5.29. The minimum Gasteiger partial charge on any atom is -0.494 e. The van der Waals surface area contributed by atoms with Crippen molar-refractivity contribution in [2.45, 2.75) is 70.4 Å². The Balaban J connectivity index is 2.62. The summed E-state index contributed by atoms with van der Waals surface area (Å²) in [6.45, 7) is 8.10. The highest BCUT2D eigenvalue weighted by atomic mass is 16.5. The first-order valence-corrected chi connectivity index (χ1v) is 12.2. The van der Waals surface area contributed by atoms with E-state index >= 15 is 0 Å². The molecule has 0 bridgehead atoms. The minimum absolute atomic E-state index is 0.115. The molecule has 0 saturated carbocycles. The van der Waals surface area contributed by atoms with Crippen LogP contribution in [-0.4, -0.2) is 58.0 Å². The second-order valence-corrected chi connectivity index (χ2v) is 8.48. The summed E-state index contributed by atoms with van der Waals surface area (Å²) >= 11 is 0. The highest BCUT2D eigenvalue weighted by molar-refractivity contribution is 5.35. The lowest BCUT2D eigenvalue weighted by atomic mass is 9.97. The van der Waals surface area contributed by atoms with Gasteiger partial charge in [-0.25, -0.2) is 0 Å². The van der Waals surface area contributed by atoms with Gasteiger partial charge in [0, 0.05) is 12.1 Å².